The molecule has 0 saturated heterocycles. The summed E-state index contributed by atoms with van der Waals surface area (Å²) in [7, 11) is 1.99. The second kappa shape index (κ2) is 11.2. The number of ketones is 1. The highest BCUT2D eigenvalue weighted by molar-refractivity contribution is 5.77. The molecule has 0 spiro atoms. The van der Waals surface area contributed by atoms with Gasteiger partial charge in [-0.15, -0.1) is 0 Å². The molecule has 2 rings (SSSR count). The first-order valence-corrected chi connectivity index (χ1v) is 10.4. The van der Waals surface area contributed by atoms with Crippen LogP contribution in [0.25, 0.3) is 0 Å². The van der Waals surface area contributed by atoms with E-state index >= 15 is 0 Å². The van der Waals surface area contributed by atoms with Crippen LogP contribution < -0.4 is 0 Å². The molecule has 0 bridgehead atoms. The summed E-state index contributed by atoms with van der Waals surface area (Å²) in [5.41, 5.74) is 4.23. The number of benzene rings is 2. The van der Waals surface area contributed by atoms with E-state index in [4.69, 9.17) is 0 Å². The fourth-order valence-electron chi connectivity index (χ4n) is 3.02. The Bertz CT molecular complexity index is 697. The number of carbonyl (C=O) groups is 1. The van der Waals surface area contributed by atoms with Crippen LogP contribution in [0.1, 0.15) is 83.5 Å². The number of carbonyl (C=O) groups excluding carboxylic acids is 1. The Hall–Kier alpha value is -1.93. The van der Waals surface area contributed by atoms with Crippen molar-refractivity contribution in [2.24, 2.45) is 0 Å². The molecule has 2 nitrogen and oxygen atoms in total. The summed E-state index contributed by atoms with van der Waals surface area (Å²) in [5, 5.41) is 0. The molecule has 0 heterocycles. The van der Waals surface area contributed by atoms with Crippen molar-refractivity contribution < 1.29 is 4.79 Å². The van der Waals surface area contributed by atoms with Gasteiger partial charge in [-0.05, 0) is 55.3 Å². The van der Waals surface area contributed by atoms with Crippen LogP contribution in [0.2, 0.25) is 0 Å². The van der Waals surface area contributed by atoms with Gasteiger partial charge in [-0.1, -0.05) is 89.2 Å². The zero-order chi connectivity index (χ0) is 21.3. The topological polar surface area (TPSA) is 20.3 Å². The number of hydrogen-bond donors (Lipinski definition) is 0. The number of rotatable bonds is 6. The van der Waals surface area contributed by atoms with Crippen molar-refractivity contribution in [1.82, 2.24) is 4.90 Å². The lowest BCUT2D eigenvalue weighted by molar-refractivity contribution is -0.118. The fourth-order valence-corrected chi connectivity index (χ4v) is 3.02. The Balaban J connectivity index is 0.000000330. The summed E-state index contributed by atoms with van der Waals surface area (Å²) in [6.45, 7) is 15.4. The molecular weight excluding hydrogens is 342 g/mol. The van der Waals surface area contributed by atoms with Gasteiger partial charge in [0, 0.05) is 6.04 Å². The summed E-state index contributed by atoms with van der Waals surface area (Å²) in [5.74, 6) is 0.914. The maximum absolute atomic E-state index is 11.1. The monoisotopic (exact) mass is 381 g/mol. The van der Waals surface area contributed by atoms with Crippen LogP contribution in [-0.4, -0.2) is 24.3 Å². The molecule has 0 aliphatic heterocycles. The van der Waals surface area contributed by atoms with Crippen molar-refractivity contribution in [3.8, 4) is 0 Å². The summed E-state index contributed by atoms with van der Waals surface area (Å²) in [6, 6.07) is 19.6. The number of Topliss-reactive ketones (excluding diaryl/α,β-unsaturated/α-hetero) is 1. The smallest absolute Gasteiger partial charge is 0.143 e. The average molecular weight is 382 g/mol. The SMILES string of the molecule is CC(=O)CN(C)C(C)c1ccc(C(C)(C)C)cc1.CCC(C)c1ccccc1. The summed E-state index contributed by atoms with van der Waals surface area (Å²) < 4.78 is 0. The van der Waals surface area contributed by atoms with Gasteiger partial charge in [0.05, 0.1) is 6.54 Å². The Labute approximate surface area is 173 Å². The lowest BCUT2D eigenvalue weighted by atomic mass is 9.86. The maximum Gasteiger partial charge on any atom is 0.143 e. The molecule has 0 aliphatic carbocycles. The molecule has 2 atom stereocenters. The lowest BCUT2D eigenvalue weighted by Crippen LogP contribution is -2.27. The predicted molar refractivity (Wildman–Crippen MR) is 122 cm³/mol. The third kappa shape index (κ3) is 7.98. The molecule has 2 aromatic rings. The normalized spacial score (nSPS) is 13.5. The summed E-state index contributed by atoms with van der Waals surface area (Å²) >= 11 is 0. The minimum Gasteiger partial charge on any atom is -0.299 e. The molecule has 0 N–H and O–H groups in total. The molecule has 154 valence electrons. The molecule has 0 amide bonds. The van der Waals surface area contributed by atoms with Gasteiger partial charge in [-0.3, -0.25) is 9.69 Å². The molecule has 28 heavy (non-hydrogen) atoms. The highest BCUT2D eigenvalue weighted by Gasteiger charge is 2.16. The minimum absolute atomic E-state index is 0.188. The van der Waals surface area contributed by atoms with Crippen LogP contribution >= 0.6 is 0 Å². The molecule has 2 aromatic carbocycles. The Morgan fingerprint density at radius 3 is 1.89 bits per heavy atom. The molecule has 2 heteroatoms. The zero-order valence-corrected chi connectivity index (χ0v) is 19.1. The molecular formula is C26H39NO. The van der Waals surface area contributed by atoms with E-state index in [1.165, 1.54) is 23.1 Å². The van der Waals surface area contributed by atoms with Crippen molar-refractivity contribution in [3.05, 3.63) is 71.3 Å². The summed E-state index contributed by atoms with van der Waals surface area (Å²) in [4.78, 5) is 13.2. The molecule has 0 aromatic heterocycles. The van der Waals surface area contributed by atoms with E-state index < -0.39 is 0 Å². The standard InChI is InChI=1S/C16H25NO.C10H14/c1-12(18)11-17(6)13(2)14-7-9-15(10-8-14)16(3,4)5;1-3-9(2)10-7-5-4-6-8-10/h7-10,13H,11H2,1-6H3;4-9H,3H2,1-2H3. The quantitative estimate of drug-likeness (QED) is 0.550. The molecule has 2 unspecified atom stereocenters. The molecule has 0 fully saturated rings. The third-order valence-corrected chi connectivity index (χ3v) is 5.37. The first-order chi connectivity index (χ1) is 13.1. The van der Waals surface area contributed by atoms with Gasteiger partial charge >= 0.3 is 0 Å². The van der Waals surface area contributed by atoms with Crippen LogP contribution in [-0.2, 0) is 10.2 Å². The highest BCUT2D eigenvalue weighted by atomic mass is 16.1. The van der Waals surface area contributed by atoms with E-state index in [1.54, 1.807) is 6.92 Å². The van der Waals surface area contributed by atoms with Crippen LogP contribution in [0.3, 0.4) is 0 Å². The van der Waals surface area contributed by atoms with E-state index in [2.05, 4.69) is 101 Å². The van der Waals surface area contributed by atoms with Gasteiger partial charge in [0.1, 0.15) is 5.78 Å². The largest absolute Gasteiger partial charge is 0.299 e. The maximum atomic E-state index is 11.1. The minimum atomic E-state index is 0.188. The van der Waals surface area contributed by atoms with E-state index in [0.29, 0.717) is 12.5 Å². The van der Waals surface area contributed by atoms with Crippen molar-refractivity contribution in [3.63, 3.8) is 0 Å². The molecule has 0 saturated carbocycles. The van der Waals surface area contributed by atoms with Crippen LogP contribution in [0.4, 0.5) is 0 Å². The number of likely N-dealkylation sites (N-methyl/N-ethyl adjacent to an activating group) is 1. The van der Waals surface area contributed by atoms with Gasteiger partial charge in [0.2, 0.25) is 0 Å². The van der Waals surface area contributed by atoms with E-state index in [0.717, 1.165) is 0 Å². The lowest BCUT2D eigenvalue weighted by Gasteiger charge is -2.25. The third-order valence-electron chi connectivity index (χ3n) is 5.37. The van der Waals surface area contributed by atoms with Crippen molar-refractivity contribution in [1.29, 1.82) is 0 Å². The van der Waals surface area contributed by atoms with Gasteiger partial charge in [-0.2, -0.15) is 0 Å². The van der Waals surface area contributed by atoms with E-state index in [9.17, 15) is 4.79 Å². The number of nitrogens with zero attached hydrogens (tertiary/aromatic N) is 1. The first-order valence-electron chi connectivity index (χ1n) is 10.4. The average Bonchev–Trinajstić information content (AvgIpc) is 2.67. The van der Waals surface area contributed by atoms with E-state index in [-0.39, 0.29) is 17.2 Å². The second-order valence-electron chi connectivity index (χ2n) is 8.89. The second-order valence-corrected chi connectivity index (χ2v) is 8.89. The predicted octanol–water partition coefficient (Wildman–Crippen LogP) is 6.77. The van der Waals surface area contributed by atoms with Crippen molar-refractivity contribution in [2.75, 3.05) is 13.6 Å². The highest BCUT2D eigenvalue weighted by Crippen LogP contribution is 2.25. The Kier molecular flexibility index (Phi) is 9.61. The van der Waals surface area contributed by atoms with E-state index in [1.807, 2.05) is 7.05 Å². The number of hydrogen-bond acceptors (Lipinski definition) is 2. The van der Waals surface area contributed by atoms with Crippen LogP contribution in [0.15, 0.2) is 54.6 Å². The zero-order valence-electron chi connectivity index (χ0n) is 19.1. The van der Waals surface area contributed by atoms with Gasteiger partial charge in [0.25, 0.3) is 0 Å². The van der Waals surface area contributed by atoms with Gasteiger partial charge in [-0.25, -0.2) is 0 Å². The van der Waals surface area contributed by atoms with Crippen molar-refractivity contribution >= 4 is 5.78 Å². The molecule has 0 radical (unpaired) electrons. The molecule has 0 aliphatic rings. The van der Waals surface area contributed by atoms with Crippen LogP contribution in [0.5, 0.6) is 0 Å². The van der Waals surface area contributed by atoms with Crippen molar-refractivity contribution in [2.45, 2.75) is 72.3 Å². The Morgan fingerprint density at radius 1 is 0.929 bits per heavy atom. The first kappa shape index (κ1) is 24.1. The van der Waals surface area contributed by atoms with Crippen LogP contribution in [0, 0.1) is 0 Å². The fraction of sp³-hybridized carbons (Fsp3) is 0.500. The Morgan fingerprint density at radius 2 is 1.46 bits per heavy atom. The van der Waals surface area contributed by atoms with Gasteiger partial charge < -0.3 is 0 Å². The summed E-state index contributed by atoms with van der Waals surface area (Å²) in [6.07, 6.45) is 1.23. The van der Waals surface area contributed by atoms with Gasteiger partial charge in [0.15, 0.2) is 0 Å².